The number of aliphatic hydroxyl groups excluding tert-OH is 4. The van der Waals surface area contributed by atoms with Crippen LogP contribution < -0.4 is 24.3 Å². The van der Waals surface area contributed by atoms with E-state index in [1.165, 1.54) is 0 Å². The third-order valence-electron chi connectivity index (χ3n) is 9.50. The number of carboxylic acids is 2. The van der Waals surface area contributed by atoms with Crippen LogP contribution in [0.25, 0.3) is 24.3 Å². The van der Waals surface area contributed by atoms with Crippen LogP contribution in [0.15, 0.2) is 97.6 Å². The van der Waals surface area contributed by atoms with Gasteiger partial charge in [0.15, 0.2) is 30.6 Å². The fourth-order valence-electron chi connectivity index (χ4n) is 6.16. The third kappa shape index (κ3) is 17.1. The smallest absolute Gasteiger partial charge is 0.327 e. The molecule has 0 fully saturated rings. The number of hydrogen-bond donors (Lipinski definition) is 7. The highest BCUT2D eigenvalue weighted by atomic mass is 33.1. The first-order chi connectivity index (χ1) is 30.0. The zero-order valence-corrected chi connectivity index (χ0v) is 35.9. The molecule has 4 aromatic rings. The Morgan fingerprint density at radius 2 is 0.935 bits per heavy atom. The molecule has 2 atom stereocenters. The van der Waals surface area contributed by atoms with E-state index in [0.29, 0.717) is 26.2 Å². The van der Waals surface area contributed by atoms with Crippen molar-refractivity contribution in [2.45, 2.75) is 25.6 Å². The zero-order valence-electron chi connectivity index (χ0n) is 34.3. The molecule has 62 heavy (non-hydrogen) atoms. The maximum absolute atomic E-state index is 12.9. The van der Waals surface area contributed by atoms with Crippen molar-refractivity contribution in [3.05, 3.63) is 120 Å². The number of aliphatic carboxylic acids is 2. The van der Waals surface area contributed by atoms with Crippen molar-refractivity contribution in [1.29, 1.82) is 0 Å². The highest BCUT2D eigenvalue weighted by Crippen LogP contribution is 2.26. The zero-order chi connectivity index (χ0) is 44.7. The van der Waals surface area contributed by atoms with Crippen LogP contribution in [0.5, 0.6) is 0 Å². The van der Waals surface area contributed by atoms with Crippen LogP contribution in [0, 0.1) is 5.92 Å². The highest BCUT2D eigenvalue weighted by Gasteiger charge is 2.25. The topological polar surface area (TPSA) is 216 Å². The summed E-state index contributed by atoms with van der Waals surface area (Å²) in [5, 5.41) is 59.2. The average Bonchev–Trinajstić information content (AvgIpc) is 3.26. The number of anilines is 2. The summed E-state index contributed by atoms with van der Waals surface area (Å²) in [5.74, 6) is -4.05. The molecule has 4 rings (SSSR count). The van der Waals surface area contributed by atoms with E-state index >= 15 is 0 Å². The minimum atomic E-state index is -1.22. The molecule has 2 aromatic carbocycles. The van der Waals surface area contributed by atoms with Gasteiger partial charge in [0.1, 0.15) is 6.04 Å². The molecule has 17 heteroatoms. The van der Waals surface area contributed by atoms with Crippen molar-refractivity contribution in [3.63, 3.8) is 0 Å². The summed E-state index contributed by atoms with van der Waals surface area (Å²) < 4.78 is 3.30. The van der Waals surface area contributed by atoms with Gasteiger partial charge in [-0.25, -0.2) is 4.79 Å². The second-order valence-corrected chi connectivity index (χ2v) is 16.7. The summed E-state index contributed by atoms with van der Waals surface area (Å²) in [6.07, 6.45) is 14.4. The molecule has 0 radical (unpaired) electrons. The van der Waals surface area contributed by atoms with E-state index in [2.05, 4.69) is 5.32 Å². The lowest BCUT2D eigenvalue weighted by Gasteiger charge is -2.22. The summed E-state index contributed by atoms with van der Waals surface area (Å²) in [7, 11) is 2.25. The fraction of sp³-hybridized carbons (Fsp3) is 0.333. The molecule has 0 aliphatic rings. The molecule has 1 amide bonds. The van der Waals surface area contributed by atoms with Gasteiger partial charge in [0.2, 0.25) is 13.1 Å². The Labute approximate surface area is 369 Å². The summed E-state index contributed by atoms with van der Waals surface area (Å²) in [4.78, 5) is 53.4. The SMILES string of the molecule is O=C(CC(CSSCC(NC(=O)C[n+]1ccc(/C=C/c2ccc(N(CCO)CCO)cc2)cc1)C(=O)O)C(=O)O)C[n+]1ccc(/C=C/c2ccc(N(CCO)CCO)cc2)cc1. The van der Waals surface area contributed by atoms with Crippen molar-refractivity contribution >= 4 is 80.9 Å². The number of aliphatic hydroxyl groups is 4. The van der Waals surface area contributed by atoms with E-state index in [-0.39, 0.29) is 63.2 Å². The second kappa shape index (κ2) is 26.7. The predicted molar refractivity (Wildman–Crippen MR) is 242 cm³/mol. The minimum Gasteiger partial charge on any atom is -0.481 e. The second-order valence-electron chi connectivity index (χ2n) is 14.1. The van der Waals surface area contributed by atoms with Crippen LogP contribution in [-0.2, 0) is 32.3 Å². The maximum Gasteiger partial charge on any atom is 0.327 e. The van der Waals surface area contributed by atoms with Crippen molar-refractivity contribution in [2.75, 3.05) is 73.9 Å². The number of nitrogens with one attached hydrogen (secondary N) is 1. The van der Waals surface area contributed by atoms with Crippen molar-refractivity contribution < 1.29 is 59.0 Å². The number of nitrogens with zero attached hydrogens (tertiary/aromatic N) is 4. The van der Waals surface area contributed by atoms with Crippen LogP contribution in [0.1, 0.15) is 28.7 Å². The number of carboxylic acid groups (broad SMARTS) is 2. The summed E-state index contributed by atoms with van der Waals surface area (Å²) >= 11 is 0. The Bertz CT molecular complexity index is 1910. The molecule has 7 N–H and O–H groups in total. The third-order valence-corrected chi connectivity index (χ3v) is 12.0. The molecule has 0 saturated carbocycles. The Hall–Kier alpha value is -5.56. The summed E-state index contributed by atoms with van der Waals surface area (Å²) in [6.45, 7) is 1.51. The Morgan fingerprint density at radius 3 is 1.32 bits per heavy atom. The molecule has 0 aliphatic heterocycles. The van der Waals surface area contributed by atoms with Crippen LogP contribution in [0.2, 0.25) is 0 Å². The molecule has 2 aromatic heterocycles. The monoisotopic (exact) mass is 889 g/mol. The van der Waals surface area contributed by atoms with Gasteiger partial charge in [-0.2, -0.15) is 9.13 Å². The number of hydrogen-bond acceptors (Lipinski definition) is 12. The molecular weight excluding hydrogens is 835 g/mol. The number of carbonyl (C=O) groups is 4. The number of carbonyl (C=O) groups excluding carboxylic acids is 2. The van der Waals surface area contributed by atoms with Gasteiger partial charge >= 0.3 is 11.9 Å². The van der Waals surface area contributed by atoms with Gasteiger partial charge in [-0.05, 0) is 46.5 Å². The molecule has 2 heterocycles. The van der Waals surface area contributed by atoms with E-state index in [0.717, 1.165) is 55.2 Å². The minimum absolute atomic E-state index is 0.0101. The normalized spacial score (nSPS) is 12.3. The Kier molecular flexibility index (Phi) is 21.1. The van der Waals surface area contributed by atoms with E-state index in [4.69, 9.17) is 0 Å². The molecule has 0 aliphatic carbocycles. The van der Waals surface area contributed by atoms with Gasteiger partial charge in [0.05, 0.1) is 32.3 Å². The number of benzene rings is 2. The molecule has 0 spiro atoms. The first-order valence-electron chi connectivity index (χ1n) is 20.0. The Balaban J connectivity index is 1.18. The lowest BCUT2D eigenvalue weighted by Crippen LogP contribution is -2.49. The fourth-order valence-corrected chi connectivity index (χ4v) is 8.62. The quantitative estimate of drug-likeness (QED) is 0.0248. The molecule has 15 nitrogen and oxygen atoms in total. The van der Waals surface area contributed by atoms with Gasteiger partial charge in [-0.15, -0.1) is 0 Å². The molecular formula is C45H55N5O10S2+2. The Morgan fingerprint density at radius 1 is 0.548 bits per heavy atom. The lowest BCUT2D eigenvalue weighted by atomic mass is 10.0. The van der Waals surface area contributed by atoms with Gasteiger partial charge < -0.3 is 45.8 Å². The summed E-state index contributed by atoms with van der Waals surface area (Å²) in [5.41, 5.74) is 5.48. The number of amides is 1. The first kappa shape index (κ1) is 49.1. The lowest BCUT2D eigenvalue weighted by molar-refractivity contribution is -0.684. The number of rotatable bonds is 28. The predicted octanol–water partition coefficient (Wildman–Crippen LogP) is 2.50. The van der Waals surface area contributed by atoms with E-state index in [1.807, 2.05) is 107 Å². The molecule has 2 unspecified atom stereocenters. The van der Waals surface area contributed by atoms with E-state index < -0.39 is 29.8 Å². The van der Waals surface area contributed by atoms with E-state index in [9.17, 15) is 49.8 Å². The molecule has 0 saturated heterocycles. The van der Waals surface area contributed by atoms with Crippen molar-refractivity contribution in [2.24, 2.45) is 5.92 Å². The highest BCUT2D eigenvalue weighted by molar-refractivity contribution is 8.76. The van der Waals surface area contributed by atoms with Crippen molar-refractivity contribution in [1.82, 2.24) is 5.32 Å². The van der Waals surface area contributed by atoms with Gasteiger partial charge in [-0.3, -0.25) is 14.4 Å². The number of Topliss-reactive ketones (excluding diaryl/α,β-unsaturated/α-hetero) is 1. The standard InChI is InChI=1S/C45H53N5O10S2/c51-25-21-49(22-26-52)39-9-5-34(6-10-39)1-3-36-13-17-47(18-14-36)30-41(55)29-38(44(57)58)32-61-62-33-42(45(59)60)46-43(56)31-48-19-15-37(16-20-48)4-2-35-7-11-40(12-8-35)50(23-27-53)24-28-54/h1-20,38,42,51-54H,21-33H2,(H-2,46,56,57,58,59,60)/p+2. The molecule has 0 bridgehead atoms. The average molecular weight is 890 g/mol. The maximum atomic E-state index is 12.9. The van der Waals surface area contributed by atoms with Crippen molar-refractivity contribution in [3.8, 4) is 0 Å². The largest absolute Gasteiger partial charge is 0.481 e. The number of ketones is 1. The van der Waals surface area contributed by atoms with Gasteiger partial charge in [0.25, 0.3) is 5.91 Å². The molecule has 330 valence electrons. The van der Waals surface area contributed by atoms with Crippen LogP contribution in [0.3, 0.4) is 0 Å². The summed E-state index contributed by atoms with van der Waals surface area (Å²) in [6, 6.07) is 21.6. The number of aromatic nitrogens is 2. The first-order valence-corrected chi connectivity index (χ1v) is 22.5. The van der Waals surface area contributed by atoms with Gasteiger partial charge in [-0.1, -0.05) is 70.2 Å². The van der Waals surface area contributed by atoms with Crippen LogP contribution >= 0.6 is 21.6 Å². The van der Waals surface area contributed by atoms with E-state index in [1.54, 1.807) is 33.9 Å². The number of pyridine rings is 2. The van der Waals surface area contributed by atoms with Crippen LogP contribution in [-0.4, -0.2) is 124 Å². The van der Waals surface area contributed by atoms with Crippen LogP contribution in [0.4, 0.5) is 11.4 Å². The van der Waals surface area contributed by atoms with Gasteiger partial charge in [0, 0.05) is 79.7 Å².